The number of pyridine rings is 1. The van der Waals surface area contributed by atoms with Crippen LogP contribution in [0.15, 0.2) is 18.2 Å². The molecule has 112 valence electrons. The van der Waals surface area contributed by atoms with Crippen molar-refractivity contribution in [2.75, 3.05) is 18.9 Å². The first kappa shape index (κ1) is 13.9. The van der Waals surface area contributed by atoms with Gasteiger partial charge in [0, 0.05) is 23.1 Å². The highest BCUT2D eigenvalue weighted by Gasteiger charge is 2.28. The van der Waals surface area contributed by atoms with Crippen molar-refractivity contribution in [2.45, 2.75) is 19.2 Å². The van der Waals surface area contributed by atoms with Crippen molar-refractivity contribution in [3.8, 4) is 5.75 Å². The Kier molecular flexibility index (Phi) is 3.36. The molecule has 0 spiro atoms. The number of ether oxygens (including phenoxy) is 2. The number of fused-ring (bicyclic) bond motifs is 2. The lowest BCUT2D eigenvalue weighted by atomic mass is 10.0. The first-order chi connectivity index (χ1) is 9.94. The Morgan fingerprint density at radius 3 is 2.90 bits per heavy atom. The van der Waals surface area contributed by atoms with E-state index < -0.39 is 12.8 Å². The number of nitrogen functional groups attached to an aromatic ring is 1. The van der Waals surface area contributed by atoms with Crippen LogP contribution in [-0.2, 0) is 17.8 Å². The number of benzene rings is 1. The van der Waals surface area contributed by atoms with E-state index in [-0.39, 0.29) is 5.75 Å². The quantitative estimate of drug-likeness (QED) is 0.926. The van der Waals surface area contributed by atoms with Crippen molar-refractivity contribution in [1.82, 2.24) is 4.98 Å². The zero-order valence-corrected chi connectivity index (χ0v) is 11.0. The highest BCUT2D eigenvalue weighted by Crippen LogP contribution is 2.31. The van der Waals surface area contributed by atoms with Crippen LogP contribution in [-0.4, -0.2) is 24.4 Å². The van der Waals surface area contributed by atoms with Crippen LogP contribution in [0.2, 0.25) is 0 Å². The van der Waals surface area contributed by atoms with Crippen molar-refractivity contribution in [1.29, 1.82) is 0 Å². The van der Waals surface area contributed by atoms with Crippen molar-refractivity contribution in [3.05, 3.63) is 29.5 Å². The van der Waals surface area contributed by atoms with Gasteiger partial charge in [-0.1, -0.05) is 0 Å². The number of aromatic nitrogens is 1. The maximum atomic E-state index is 12.2. The van der Waals surface area contributed by atoms with Crippen LogP contribution in [0.3, 0.4) is 0 Å². The molecule has 2 aromatic rings. The molecule has 0 atom stereocenters. The molecule has 0 fully saturated rings. The van der Waals surface area contributed by atoms with Crippen LogP contribution in [0.5, 0.6) is 5.75 Å². The van der Waals surface area contributed by atoms with E-state index >= 15 is 0 Å². The SMILES string of the molecule is Nc1c2c(nc3ccc(OCC(F)(F)F)cc13)CCOC2. The minimum atomic E-state index is -4.37. The van der Waals surface area contributed by atoms with Gasteiger partial charge in [0.2, 0.25) is 0 Å². The van der Waals surface area contributed by atoms with E-state index in [1.54, 1.807) is 6.07 Å². The van der Waals surface area contributed by atoms with E-state index in [0.717, 1.165) is 11.3 Å². The van der Waals surface area contributed by atoms with Gasteiger partial charge in [0.15, 0.2) is 6.61 Å². The monoisotopic (exact) mass is 298 g/mol. The summed E-state index contributed by atoms with van der Waals surface area (Å²) in [6.07, 6.45) is -3.69. The molecule has 0 saturated carbocycles. The molecule has 2 N–H and O–H groups in total. The molecule has 0 bridgehead atoms. The molecule has 1 aliphatic heterocycles. The van der Waals surface area contributed by atoms with Gasteiger partial charge in [-0.25, -0.2) is 0 Å². The van der Waals surface area contributed by atoms with Crippen molar-refractivity contribution < 1.29 is 22.6 Å². The molecule has 2 heterocycles. The minimum absolute atomic E-state index is 0.116. The highest BCUT2D eigenvalue weighted by molar-refractivity contribution is 5.93. The van der Waals surface area contributed by atoms with E-state index in [4.69, 9.17) is 15.2 Å². The van der Waals surface area contributed by atoms with E-state index in [9.17, 15) is 13.2 Å². The molecule has 0 radical (unpaired) electrons. The Labute approximate surface area is 118 Å². The summed E-state index contributed by atoms with van der Waals surface area (Å²) in [5, 5.41) is 0.582. The van der Waals surface area contributed by atoms with Gasteiger partial charge < -0.3 is 15.2 Å². The summed E-state index contributed by atoms with van der Waals surface area (Å²) in [5.41, 5.74) is 8.92. The first-order valence-corrected chi connectivity index (χ1v) is 6.42. The molecular formula is C14H13F3N2O2. The van der Waals surface area contributed by atoms with Gasteiger partial charge in [-0.2, -0.15) is 13.2 Å². The molecule has 4 nitrogen and oxygen atoms in total. The first-order valence-electron chi connectivity index (χ1n) is 6.42. The molecule has 1 aliphatic rings. The van der Waals surface area contributed by atoms with E-state index in [1.807, 2.05) is 0 Å². The number of alkyl halides is 3. The summed E-state index contributed by atoms with van der Waals surface area (Å²) < 4.78 is 46.6. The topological polar surface area (TPSA) is 57.4 Å². The van der Waals surface area contributed by atoms with Gasteiger partial charge in [0.1, 0.15) is 5.75 Å². The predicted octanol–water partition coefficient (Wildman–Crippen LogP) is 2.83. The fraction of sp³-hybridized carbons (Fsp3) is 0.357. The Hall–Kier alpha value is -2.02. The van der Waals surface area contributed by atoms with Crippen molar-refractivity contribution in [2.24, 2.45) is 0 Å². The third-order valence-corrected chi connectivity index (χ3v) is 3.32. The number of nitrogens with zero attached hydrogens (tertiary/aromatic N) is 1. The summed E-state index contributed by atoms with van der Waals surface area (Å²) in [6.45, 7) is -0.366. The fourth-order valence-electron chi connectivity index (χ4n) is 2.33. The second kappa shape index (κ2) is 5.07. The van der Waals surface area contributed by atoms with E-state index in [1.165, 1.54) is 12.1 Å². The van der Waals surface area contributed by atoms with Gasteiger partial charge >= 0.3 is 6.18 Å². The largest absolute Gasteiger partial charge is 0.484 e. The average Bonchev–Trinajstić information content (AvgIpc) is 2.45. The molecule has 21 heavy (non-hydrogen) atoms. The van der Waals surface area contributed by atoms with E-state index in [2.05, 4.69) is 4.98 Å². The van der Waals surface area contributed by atoms with Gasteiger partial charge in [-0.15, -0.1) is 0 Å². The molecule has 1 aromatic heterocycles. The zero-order chi connectivity index (χ0) is 15.0. The van der Waals surface area contributed by atoms with Crippen LogP contribution < -0.4 is 10.5 Å². The Morgan fingerprint density at radius 2 is 2.14 bits per heavy atom. The van der Waals surface area contributed by atoms with Crippen LogP contribution in [0, 0.1) is 0 Å². The number of anilines is 1. The zero-order valence-electron chi connectivity index (χ0n) is 11.0. The summed E-state index contributed by atoms with van der Waals surface area (Å²) >= 11 is 0. The number of hydrogen-bond donors (Lipinski definition) is 1. The predicted molar refractivity (Wildman–Crippen MR) is 71.1 cm³/mol. The summed E-state index contributed by atoms with van der Waals surface area (Å²) in [4.78, 5) is 4.49. The summed E-state index contributed by atoms with van der Waals surface area (Å²) in [7, 11) is 0. The lowest BCUT2D eigenvalue weighted by Crippen LogP contribution is -2.19. The average molecular weight is 298 g/mol. The lowest BCUT2D eigenvalue weighted by Gasteiger charge is -2.19. The fourth-order valence-corrected chi connectivity index (χ4v) is 2.33. The molecule has 0 unspecified atom stereocenters. The minimum Gasteiger partial charge on any atom is -0.484 e. The van der Waals surface area contributed by atoms with Gasteiger partial charge in [0.25, 0.3) is 0 Å². The molecular weight excluding hydrogens is 285 g/mol. The maximum Gasteiger partial charge on any atom is 0.422 e. The molecule has 1 aromatic carbocycles. The Bertz CT molecular complexity index is 686. The van der Waals surface area contributed by atoms with Crippen molar-refractivity contribution in [3.63, 3.8) is 0 Å². The van der Waals surface area contributed by atoms with Crippen LogP contribution in [0.25, 0.3) is 10.9 Å². The van der Waals surface area contributed by atoms with Crippen LogP contribution in [0.4, 0.5) is 18.9 Å². The Morgan fingerprint density at radius 1 is 1.33 bits per heavy atom. The Balaban J connectivity index is 1.99. The highest BCUT2D eigenvalue weighted by atomic mass is 19.4. The molecule has 0 saturated heterocycles. The smallest absolute Gasteiger partial charge is 0.422 e. The molecule has 0 aliphatic carbocycles. The third kappa shape index (κ3) is 2.87. The number of nitrogens with two attached hydrogens (primary N) is 1. The molecule has 7 heteroatoms. The number of hydrogen-bond acceptors (Lipinski definition) is 4. The summed E-state index contributed by atoms with van der Waals surface area (Å²) in [6, 6.07) is 4.57. The van der Waals surface area contributed by atoms with Crippen LogP contribution in [0.1, 0.15) is 11.3 Å². The van der Waals surface area contributed by atoms with Crippen molar-refractivity contribution >= 4 is 16.6 Å². The number of rotatable bonds is 2. The summed E-state index contributed by atoms with van der Waals surface area (Å²) in [5.74, 6) is 0.116. The van der Waals surface area contributed by atoms with Crippen LogP contribution >= 0.6 is 0 Å². The van der Waals surface area contributed by atoms with Gasteiger partial charge in [-0.05, 0) is 18.2 Å². The standard InChI is InChI=1S/C14H13F3N2O2/c15-14(16,17)7-21-8-1-2-11-9(5-8)13(18)10-6-20-4-3-12(10)19-11/h1-2,5H,3-4,6-7H2,(H2,18,19). The molecule has 3 rings (SSSR count). The number of halogens is 3. The third-order valence-electron chi connectivity index (χ3n) is 3.32. The van der Waals surface area contributed by atoms with Gasteiger partial charge in [-0.3, -0.25) is 4.98 Å². The van der Waals surface area contributed by atoms with Gasteiger partial charge in [0.05, 0.1) is 24.4 Å². The molecule has 0 amide bonds. The maximum absolute atomic E-state index is 12.2. The second-order valence-corrected chi connectivity index (χ2v) is 4.84. The second-order valence-electron chi connectivity index (χ2n) is 4.84. The van der Waals surface area contributed by atoms with E-state index in [0.29, 0.717) is 36.2 Å². The normalized spacial score (nSPS) is 15.0. The lowest BCUT2D eigenvalue weighted by molar-refractivity contribution is -0.153.